The second-order valence-corrected chi connectivity index (χ2v) is 8.30. The molecule has 142 valence electrons. The molecule has 5 rings (SSSR count). The zero-order valence-corrected chi connectivity index (χ0v) is 16.8. The van der Waals surface area contributed by atoms with Gasteiger partial charge in [0.05, 0.1) is 12.0 Å². The second-order valence-electron chi connectivity index (χ2n) is 7.30. The number of aryl methyl sites for hydroxylation is 2. The molecular weight excluding hydrogens is 372 g/mol. The number of ether oxygens (including phenoxy) is 1. The molecule has 1 aromatic carbocycles. The molecule has 6 nitrogen and oxygen atoms in total. The molecule has 7 heteroatoms. The number of thiophene rings is 1. The Bertz CT molecular complexity index is 1210. The quantitative estimate of drug-likeness (QED) is 0.481. The van der Waals surface area contributed by atoms with Crippen molar-refractivity contribution in [2.75, 3.05) is 6.61 Å². The van der Waals surface area contributed by atoms with Crippen LogP contribution in [-0.2, 0) is 4.74 Å². The molecular formula is C21H20N4O2S. The van der Waals surface area contributed by atoms with Gasteiger partial charge in [-0.3, -0.25) is 0 Å². The minimum atomic E-state index is -0.303. The number of carbonyl (C=O) groups excluding carboxylic acids is 1. The number of benzene rings is 1. The maximum Gasteiger partial charge on any atom is 0.348 e. The molecule has 2 atom stereocenters. The Kier molecular flexibility index (Phi) is 3.94. The van der Waals surface area contributed by atoms with Gasteiger partial charge in [0, 0.05) is 5.92 Å². The summed E-state index contributed by atoms with van der Waals surface area (Å²) in [7, 11) is 0. The molecule has 0 radical (unpaired) electrons. The minimum Gasteiger partial charge on any atom is -0.462 e. The Morgan fingerprint density at radius 3 is 2.79 bits per heavy atom. The second kappa shape index (κ2) is 6.38. The molecule has 3 heterocycles. The average molecular weight is 392 g/mol. The lowest BCUT2D eigenvalue weighted by Gasteiger charge is -1.99. The van der Waals surface area contributed by atoms with Gasteiger partial charge in [-0.25, -0.2) is 19.3 Å². The van der Waals surface area contributed by atoms with Crippen LogP contribution in [-0.4, -0.2) is 32.2 Å². The number of esters is 1. The molecule has 3 aromatic heterocycles. The van der Waals surface area contributed by atoms with Gasteiger partial charge >= 0.3 is 5.97 Å². The lowest BCUT2D eigenvalue weighted by atomic mass is 10.1. The Hall–Kier alpha value is -2.80. The van der Waals surface area contributed by atoms with Crippen LogP contribution in [0.3, 0.4) is 0 Å². The van der Waals surface area contributed by atoms with E-state index in [4.69, 9.17) is 9.72 Å². The van der Waals surface area contributed by atoms with E-state index < -0.39 is 0 Å². The zero-order valence-electron chi connectivity index (χ0n) is 16.0. The molecule has 1 aliphatic carbocycles. The number of rotatable bonds is 4. The lowest BCUT2D eigenvalue weighted by molar-refractivity contribution is 0.0531. The first-order valence-electron chi connectivity index (χ1n) is 9.45. The molecule has 1 fully saturated rings. The number of fused-ring (bicyclic) bond motifs is 3. The monoisotopic (exact) mass is 392 g/mol. The van der Waals surface area contributed by atoms with Crippen molar-refractivity contribution in [2.45, 2.75) is 39.0 Å². The molecule has 0 bridgehead atoms. The van der Waals surface area contributed by atoms with Gasteiger partial charge in [0.2, 0.25) is 0 Å². The summed E-state index contributed by atoms with van der Waals surface area (Å²) >= 11 is 1.35. The van der Waals surface area contributed by atoms with Crippen molar-refractivity contribution in [3.05, 3.63) is 58.0 Å². The molecule has 0 unspecified atom stereocenters. The van der Waals surface area contributed by atoms with Crippen LogP contribution in [0.4, 0.5) is 0 Å². The van der Waals surface area contributed by atoms with Crippen LogP contribution in [0.2, 0.25) is 0 Å². The number of nitrogens with zero attached hydrogens (tertiary/aromatic N) is 4. The molecule has 1 aliphatic rings. The van der Waals surface area contributed by atoms with E-state index in [-0.39, 0.29) is 5.97 Å². The third-order valence-corrected chi connectivity index (χ3v) is 6.55. The summed E-state index contributed by atoms with van der Waals surface area (Å²) in [6, 6.07) is 8.70. The highest BCUT2D eigenvalue weighted by Gasteiger charge is 2.42. The van der Waals surface area contributed by atoms with Gasteiger partial charge in [-0.15, -0.1) is 16.4 Å². The normalized spacial score (nSPS) is 18.7. The maximum absolute atomic E-state index is 12.2. The molecule has 0 spiro atoms. The first-order valence-corrected chi connectivity index (χ1v) is 10.3. The van der Waals surface area contributed by atoms with E-state index in [9.17, 15) is 4.79 Å². The highest BCUT2D eigenvalue weighted by molar-refractivity contribution is 7.20. The van der Waals surface area contributed by atoms with Crippen LogP contribution in [0.5, 0.6) is 0 Å². The summed E-state index contributed by atoms with van der Waals surface area (Å²) in [5.41, 5.74) is 4.24. The lowest BCUT2D eigenvalue weighted by Crippen LogP contribution is -2.03. The van der Waals surface area contributed by atoms with Crippen molar-refractivity contribution in [1.82, 2.24) is 19.6 Å². The van der Waals surface area contributed by atoms with Gasteiger partial charge in [0.25, 0.3) is 0 Å². The van der Waals surface area contributed by atoms with Crippen LogP contribution in [0, 0.1) is 13.8 Å². The first kappa shape index (κ1) is 17.3. The number of aromatic nitrogens is 4. The van der Waals surface area contributed by atoms with E-state index in [1.54, 1.807) is 10.8 Å². The maximum atomic E-state index is 12.2. The van der Waals surface area contributed by atoms with Crippen molar-refractivity contribution in [3.63, 3.8) is 0 Å². The van der Waals surface area contributed by atoms with Crippen LogP contribution in [0.15, 0.2) is 30.6 Å². The molecule has 0 aliphatic heterocycles. The smallest absolute Gasteiger partial charge is 0.348 e. The largest absolute Gasteiger partial charge is 0.462 e. The fourth-order valence-electron chi connectivity index (χ4n) is 3.76. The average Bonchev–Trinajstić information content (AvgIpc) is 3.24. The van der Waals surface area contributed by atoms with Crippen molar-refractivity contribution in [1.29, 1.82) is 0 Å². The fraction of sp³-hybridized carbons (Fsp3) is 0.333. The van der Waals surface area contributed by atoms with E-state index in [2.05, 4.69) is 41.3 Å². The molecule has 28 heavy (non-hydrogen) atoms. The summed E-state index contributed by atoms with van der Waals surface area (Å²) < 4.78 is 6.91. The van der Waals surface area contributed by atoms with Gasteiger partial charge in [-0.1, -0.05) is 29.8 Å². The Balaban J connectivity index is 1.53. The third kappa shape index (κ3) is 2.69. The van der Waals surface area contributed by atoms with Crippen molar-refractivity contribution >= 4 is 33.2 Å². The van der Waals surface area contributed by atoms with Crippen LogP contribution in [0.25, 0.3) is 15.9 Å². The molecule has 4 aromatic rings. The highest BCUT2D eigenvalue weighted by Crippen LogP contribution is 2.53. The molecule has 0 N–H and O–H groups in total. The molecule has 1 saturated carbocycles. The van der Waals surface area contributed by atoms with E-state index in [0.29, 0.717) is 23.3 Å². The Morgan fingerprint density at radius 1 is 1.25 bits per heavy atom. The van der Waals surface area contributed by atoms with Gasteiger partial charge in [0.1, 0.15) is 16.0 Å². The van der Waals surface area contributed by atoms with E-state index in [0.717, 1.165) is 33.7 Å². The van der Waals surface area contributed by atoms with Gasteiger partial charge in [-0.2, -0.15) is 0 Å². The minimum absolute atomic E-state index is 0.303. The standard InChI is InChI=1S/C21H20N4O2S/c1-4-27-21(26)17-12(3)16-19-23-18(24-25(19)10-22-20(16)28-17)15-9-14(15)13-7-5-11(2)6-8-13/h5-8,10,14-15H,4,9H2,1-3H3/t14-,15+/m1/s1. The van der Waals surface area contributed by atoms with E-state index in [1.807, 2.05) is 13.8 Å². The summed E-state index contributed by atoms with van der Waals surface area (Å²) in [4.78, 5) is 22.9. The van der Waals surface area contributed by atoms with Crippen molar-refractivity contribution in [2.24, 2.45) is 0 Å². The predicted octanol–water partition coefficient (Wildman–Crippen LogP) is 4.40. The first-order chi connectivity index (χ1) is 13.6. The topological polar surface area (TPSA) is 69.4 Å². The Morgan fingerprint density at radius 2 is 2.04 bits per heavy atom. The van der Waals surface area contributed by atoms with E-state index >= 15 is 0 Å². The van der Waals surface area contributed by atoms with Crippen molar-refractivity contribution < 1.29 is 9.53 Å². The SMILES string of the molecule is CCOC(=O)c1sc2ncn3nc([C@H]4C[C@@H]4c4ccc(C)cc4)nc3c2c1C. The van der Waals surface area contributed by atoms with Gasteiger partial charge in [0.15, 0.2) is 11.5 Å². The fourth-order valence-corrected chi connectivity index (χ4v) is 4.80. The van der Waals surface area contributed by atoms with Crippen LogP contribution < -0.4 is 0 Å². The van der Waals surface area contributed by atoms with Gasteiger partial charge < -0.3 is 4.74 Å². The third-order valence-electron chi connectivity index (χ3n) is 5.37. The van der Waals surface area contributed by atoms with Crippen LogP contribution >= 0.6 is 11.3 Å². The van der Waals surface area contributed by atoms with E-state index in [1.165, 1.54) is 22.5 Å². The summed E-state index contributed by atoms with van der Waals surface area (Å²) in [5.74, 6) is 1.35. The predicted molar refractivity (Wildman–Crippen MR) is 108 cm³/mol. The number of carbonyl (C=O) groups is 1. The summed E-state index contributed by atoms with van der Waals surface area (Å²) in [6.45, 7) is 6.19. The summed E-state index contributed by atoms with van der Waals surface area (Å²) in [6.07, 6.45) is 2.75. The summed E-state index contributed by atoms with van der Waals surface area (Å²) in [5, 5.41) is 5.57. The van der Waals surface area contributed by atoms with Crippen molar-refractivity contribution in [3.8, 4) is 0 Å². The Labute approximate surface area is 166 Å². The zero-order chi connectivity index (χ0) is 19.4. The van der Waals surface area contributed by atoms with Crippen LogP contribution in [0.1, 0.15) is 57.4 Å². The number of hydrogen-bond acceptors (Lipinski definition) is 6. The number of hydrogen-bond donors (Lipinski definition) is 0. The van der Waals surface area contributed by atoms with Gasteiger partial charge in [-0.05, 0) is 44.2 Å². The molecule has 0 amide bonds. The molecule has 0 saturated heterocycles. The highest BCUT2D eigenvalue weighted by atomic mass is 32.1.